The average molecular weight is 354 g/mol. The van der Waals surface area contributed by atoms with Gasteiger partial charge >= 0.3 is 0 Å². The predicted molar refractivity (Wildman–Crippen MR) is 105 cm³/mol. The van der Waals surface area contributed by atoms with Crippen molar-refractivity contribution in [2.75, 3.05) is 17.7 Å². The van der Waals surface area contributed by atoms with Crippen LogP contribution >= 0.6 is 0 Å². The van der Waals surface area contributed by atoms with E-state index in [0.717, 1.165) is 5.56 Å². The van der Waals surface area contributed by atoms with Gasteiger partial charge in [-0.15, -0.1) is 0 Å². The summed E-state index contributed by atoms with van der Waals surface area (Å²) < 4.78 is 5.19. The normalized spacial score (nSPS) is 10.5. The number of ether oxygens (including phenoxy) is 1. The number of carbonyl (C=O) groups excluding carboxylic acids is 2. The monoisotopic (exact) mass is 354 g/mol. The Bertz CT molecular complexity index is 767. The third kappa shape index (κ3) is 5.62. The smallest absolute Gasteiger partial charge is 0.224 e. The number of aryl methyl sites for hydroxylation is 1. The number of carbonyl (C=O) groups is 2. The minimum absolute atomic E-state index is 0.113. The van der Waals surface area contributed by atoms with Gasteiger partial charge in [-0.2, -0.15) is 0 Å². The molecule has 0 atom stereocenters. The Hall–Kier alpha value is -2.82. The highest BCUT2D eigenvalue weighted by Crippen LogP contribution is 2.27. The van der Waals surface area contributed by atoms with Gasteiger partial charge in [0.25, 0.3) is 0 Å². The van der Waals surface area contributed by atoms with E-state index in [1.807, 2.05) is 0 Å². The van der Waals surface area contributed by atoms with Gasteiger partial charge in [0.15, 0.2) is 0 Å². The quantitative estimate of drug-likeness (QED) is 0.777. The van der Waals surface area contributed by atoms with E-state index in [1.54, 1.807) is 25.3 Å². The van der Waals surface area contributed by atoms with Gasteiger partial charge in [0.05, 0.1) is 18.5 Å². The minimum Gasteiger partial charge on any atom is -0.497 e. The number of nitrogens with one attached hydrogen (secondary N) is 2. The zero-order valence-corrected chi connectivity index (χ0v) is 15.8. The van der Waals surface area contributed by atoms with Gasteiger partial charge < -0.3 is 15.4 Å². The van der Waals surface area contributed by atoms with Crippen LogP contribution < -0.4 is 15.4 Å². The molecule has 0 aliphatic carbocycles. The number of rotatable bonds is 7. The summed E-state index contributed by atoms with van der Waals surface area (Å²) in [5.41, 5.74) is 3.49. The third-order valence-corrected chi connectivity index (χ3v) is 4.10. The highest BCUT2D eigenvalue weighted by atomic mass is 16.5. The molecule has 0 heterocycles. The van der Waals surface area contributed by atoms with Crippen molar-refractivity contribution in [1.82, 2.24) is 0 Å². The molecule has 2 amide bonds. The standard InChI is InChI=1S/C21H26N2O3/c1-14(2)17-8-5-16(6-9-17)7-12-21(25)23-20-13-18(26-4)10-11-19(20)22-15(3)24/h5-6,8-11,13-14H,7,12H2,1-4H3,(H,22,24)(H,23,25). The molecule has 2 N–H and O–H groups in total. The lowest BCUT2D eigenvalue weighted by Gasteiger charge is -2.13. The molecule has 0 radical (unpaired) electrons. The van der Waals surface area contributed by atoms with Gasteiger partial charge in [-0.25, -0.2) is 0 Å². The maximum Gasteiger partial charge on any atom is 0.224 e. The van der Waals surface area contributed by atoms with Gasteiger partial charge in [0.1, 0.15) is 5.75 Å². The zero-order chi connectivity index (χ0) is 19.1. The van der Waals surface area contributed by atoms with E-state index in [1.165, 1.54) is 12.5 Å². The van der Waals surface area contributed by atoms with Crippen molar-refractivity contribution in [3.05, 3.63) is 53.6 Å². The molecule has 0 bridgehead atoms. The Kier molecular flexibility index (Phi) is 6.78. The molecular formula is C21H26N2O3. The molecule has 0 aromatic heterocycles. The lowest BCUT2D eigenvalue weighted by Crippen LogP contribution is -2.15. The second-order valence-electron chi connectivity index (χ2n) is 6.54. The van der Waals surface area contributed by atoms with Gasteiger partial charge in [0, 0.05) is 19.4 Å². The van der Waals surface area contributed by atoms with Crippen LogP contribution in [0, 0.1) is 0 Å². The molecule has 0 saturated carbocycles. The van der Waals surface area contributed by atoms with Gasteiger partial charge in [-0.1, -0.05) is 38.1 Å². The van der Waals surface area contributed by atoms with Crippen LogP contribution in [-0.4, -0.2) is 18.9 Å². The minimum atomic E-state index is -0.198. The number of hydrogen-bond acceptors (Lipinski definition) is 3. The van der Waals surface area contributed by atoms with Crippen LogP contribution in [-0.2, 0) is 16.0 Å². The van der Waals surface area contributed by atoms with Crippen molar-refractivity contribution < 1.29 is 14.3 Å². The zero-order valence-electron chi connectivity index (χ0n) is 15.8. The molecule has 138 valence electrons. The van der Waals surface area contributed by atoms with Gasteiger partial charge in [-0.05, 0) is 35.6 Å². The van der Waals surface area contributed by atoms with Gasteiger partial charge in [0.2, 0.25) is 11.8 Å². The molecule has 0 aliphatic heterocycles. The van der Waals surface area contributed by atoms with Crippen molar-refractivity contribution in [3.63, 3.8) is 0 Å². The molecule has 2 aromatic carbocycles. The van der Waals surface area contributed by atoms with E-state index in [4.69, 9.17) is 4.74 Å². The maximum absolute atomic E-state index is 12.3. The summed E-state index contributed by atoms with van der Waals surface area (Å²) in [6.07, 6.45) is 1.02. The van der Waals surface area contributed by atoms with Crippen LogP contribution in [0.3, 0.4) is 0 Å². The molecule has 26 heavy (non-hydrogen) atoms. The summed E-state index contributed by atoms with van der Waals surface area (Å²) in [7, 11) is 1.56. The van der Waals surface area contributed by atoms with Crippen molar-refractivity contribution >= 4 is 23.2 Å². The van der Waals surface area contributed by atoms with Crippen LogP contribution in [0.5, 0.6) is 5.75 Å². The topological polar surface area (TPSA) is 67.4 Å². The molecule has 0 fully saturated rings. The second-order valence-corrected chi connectivity index (χ2v) is 6.54. The Morgan fingerprint density at radius 1 is 1.00 bits per heavy atom. The molecule has 2 aromatic rings. The van der Waals surface area contributed by atoms with E-state index in [2.05, 4.69) is 48.7 Å². The van der Waals surface area contributed by atoms with E-state index < -0.39 is 0 Å². The Morgan fingerprint density at radius 2 is 1.69 bits per heavy atom. The first-order valence-corrected chi connectivity index (χ1v) is 8.73. The lowest BCUT2D eigenvalue weighted by atomic mass is 10.0. The van der Waals surface area contributed by atoms with Crippen LogP contribution in [0.4, 0.5) is 11.4 Å². The number of amides is 2. The summed E-state index contributed by atoms with van der Waals surface area (Å²) >= 11 is 0. The van der Waals surface area contributed by atoms with E-state index >= 15 is 0 Å². The molecule has 0 spiro atoms. The highest BCUT2D eigenvalue weighted by Gasteiger charge is 2.10. The first-order chi connectivity index (χ1) is 12.4. The average Bonchev–Trinajstić information content (AvgIpc) is 2.61. The maximum atomic E-state index is 12.3. The van der Waals surface area contributed by atoms with Crippen molar-refractivity contribution in [2.45, 2.75) is 39.5 Å². The molecular weight excluding hydrogens is 328 g/mol. The van der Waals surface area contributed by atoms with Crippen molar-refractivity contribution in [3.8, 4) is 5.75 Å². The molecule has 0 unspecified atom stereocenters. The van der Waals surface area contributed by atoms with E-state index in [9.17, 15) is 9.59 Å². The number of anilines is 2. The first-order valence-electron chi connectivity index (χ1n) is 8.73. The summed E-state index contributed by atoms with van der Waals surface area (Å²) in [5.74, 6) is 0.792. The molecule has 0 saturated heterocycles. The molecule has 5 heteroatoms. The summed E-state index contributed by atoms with van der Waals surface area (Å²) in [5, 5.41) is 5.57. The van der Waals surface area contributed by atoms with Crippen LogP contribution in [0.1, 0.15) is 44.2 Å². The predicted octanol–water partition coefficient (Wildman–Crippen LogP) is 4.35. The summed E-state index contributed by atoms with van der Waals surface area (Å²) in [4.78, 5) is 23.7. The fourth-order valence-electron chi connectivity index (χ4n) is 2.59. The summed E-state index contributed by atoms with van der Waals surface area (Å²) in [6.45, 7) is 5.74. The first kappa shape index (κ1) is 19.5. The van der Waals surface area contributed by atoms with Crippen molar-refractivity contribution in [2.24, 2.45) is 0 Å². The highest BCUT2D eigenvalue weighted by molar-refractivity contribution is 5.99. The van der Waals surface area contributed by atoms with Crippen LogP contribution in [0.2, 0.25) is 0 Å². The number of benzene rings is 2. The van der Waals surface area contributed by atoms with Gasteiger partial charge in [-0.3, -0.25) is 9.59 Å². The second kappa shape index (κ2) is 9.04. The third-order valence-electron chi connectivity index (χ3n) is 4.10. The molecule has 0 aliphatic rings. The SMILES string of the molecule is COc1ccc(NC(C)=O)c(NC(=O)CCc2ccc(C(C)C)cc2)c1. The lowest BCUT2D eigenvalue weighted by molar-refractivity contribution is -0.116. The Balaban J connectivity index is 2.01. The molecule has 5 nitrogen and oxygen atoms in total. The van der Waals surface area contributed by atoms with Crippen molar-refractivity contribution in [1.29, 1.82) is 0 Å². The number of methoxy groups -OCH3 is 1. The van der Waals surface area contributed by atoms with Crippen LogP contribution in [0.25, 0.3) is 0 Å². The molecule has 2 rings (SSSR count). The fraction of sp³-hybridized carbons (Fsp3) is 0.333. The van der Waals surface area contributed by atoms with Crippen LogP contribution in [0.15, 0.2) is 42.5 Å². The van der Waals surface area contributed by atoms with E-state index in [0.29, 0.717) is 35.9 Å². The van der Waals surface area contributed by atoms with E-state index in [-0.39, 0.29) is 11.8 Å². The number of hydrogen-bond donors (Lipinski definition) is 2. The Morgan fingerprint density at radius 3 is 2.27 bits per heavy atom. The summed E-state index contributed by atoms with van der Waals surface area (Å²) in [6, 6.07) is 13.5. The fourth-order valence-corrected chi connectivity index (χ4v) is 2.59. The Labute approximate surface area is 154 Å². The largest absolute Gasteiger partial charge is 0.497 e.